The molecule has 0 spiro atoms. The van der Waals surface area contributed by atoms with Crippen molar-refractivity contribution in [2.75, 3.05) is 13.2 Å². The second-order valence-electron chi connectivity index (χ2n) is 21.3. The molecule has 428 valence electrons. The van der Waals surface area contributed by atoms with Crippen molar-refractivity contribution >= 4 is 17.9 Å². The first-order valence-corrected chi connectivity index (χ1v) is 31.9. The van der Waals surface area contributed by atoms with Crippen molar-refractivity contribution in [2.45, 2.75) is 329 Å². The van der Waals surface area contributed by atoms with Gasteiger partial charge in [-0.3, -0.25) is 14.4 Å². The SMILES string of the molecule is CC/C=C\C/C=C\C/C=C\CCCCCCCCCC(=O)OC(COC(=O)CCCCCCC/C=C\CCCCCCCCC)COC(=O)CCCCCCCCCCCCC/C=C\C/C=C\CCCCCCC. The fraction of sp³-hybridized carbons (Fsp3) is 0.779. The fourth-order valence-electron chi connectivity index (χ4n) is 9.13. The van der Waals surface area contributed by atoms with Crippen molar-refractivity contribution in [3.05, 3.63) is 72.9 Å². The molecule has 1 unspecified atom stereocenters. The molecule has 0 N–H and O–H groups in total. The van der Waals surface area contributed by atoms with Crippen LogP contribution in [0.5, 0.6) is 0 Å². The zero-order valence-electron chi connectivity index (χ0n) is 49.1. The number of hydrogen-bond donors (Lipinski definition) is 0. The molecule has 0 aromatic rings. The molecule has 0 aliphatic carbocycles. The predicted octanol–water partition coefficient (Wildman–Crippen LogP) is 21.7. The summed E-state index contributed by atoms with van der Waals surface area (Å²) in [5, 5.41) is 0. The highest BCUT2D eigenvalue weighted by Crippen LogP contribution is 2.16. The Morgan fingerprint density at radius 1 is 0.284 bits per heavy atom. The molecule has 0 heterocycles. The van der Waals surface area contributed by atoms with E-state index in [0.717, 1.165) is 96.3 Å². The van der Waals surface area contributed by atoms with Gasteiger partial charge < -0.3 is 14.2 Å². The summed E-state index contributed by atoms with van der Waals surface area (Å²) in [5.74, 6) is -0.888. The van der Waals surface area contributed by atoms with E-state index in [2.05, 4.69) is 93.7 Å². The quantitative estimate of drug-likeness (QED) is 0.0261. The van der Waals surface area contributed by atoms with Gasteiger partial charge in [0.15, 0.2) is 6.10 Å². The first kappa shape index (κ1) is 70.8. The zero-order valence-corrected chi connectivity index (χ0v) is 49.1. The molecule has 0 saturated carbocycles. The van der Waals surface area contributed by atoms with Crippen molar-refractivity contribution in [1.29, 1.82) is 0 Å². The lowest BCUT2D eigenvalue weighted by molar-refractivity contribution is -0.167. The third-order valence-electron chi connectivity index (χ3n) is 13.9. The summed E-state index contributed by atoms with van der Waals surface area (Å²) in [7, 11) is 0. The number of rotatable bonds is 58. The third-order valence-corrected chi connectivity index (χ3v) is 13.9. The molecule has 1 atom stereocenters. The molecule has 6 heteroatoms. The van der Waals surface area contributed by atoms with Gasteiger partial charge in [-0.1, -0.05) is 267 Å². The van der Waals surface area contributed by atoms with E-state index in [1.807, 2.05) is 0 Å². The minimum atomic E-state index is -0.786. The Balaban J connectivity index is 4.35. The molecular weight excluding hydrogens is 913 g/mol. The molecule has 0 aromatic heterocycles. The first-order valence-electron chi connectivity index (χ1n) is 31.9. The largest absolute Gasteiger partial charge is 0.462 e. The molecular formula is C68H120O6. The molecule has 74 heavy (non-hydrogen) atoms. The van der Waals surface area contributed by atoms with Crippen LogP contribution in [0.4, 0.5) is 0 Å². The Hall–Kier alpha value is -3.15. The molecule has 0 amide bonds. The Morgan fingerprint density at radius 2 is 0.527 bits per heavy atom. The molecule has 0 fully saturated rings. The highest BCUT2D eigenvalue weighted by molar-refractivity contribution is 5.71. The van der Waals surface area contributed by atoms with Crippen LogP contribution in [0.1, 0.15) is 323 Å². The molecule has 0 aliphatic heterocycles. The Bertz CT molecular complexity index is 1370. The normalized spacial score (nSPS) is 12.5. The van der Waals surface area contributed by atoms with Gasteiger partial charge in [0.05, 0.1) is 0 Å². The number of ether oxygens (including phenoxy) is 3. The summed E-state index contributed by atoms with van der Waals surface area (Å²) in [6, 6.07) is 0. The van der Waals surface area contributed by atoms with E-state index in [1.165, 1.54) is 186 Å². The molecule has 0 bridgehead atoms. The summed E-state index contributed by atoms with van der Waals surface area (Å²) in [5.41, 5.74) is 0. The van der Waals surface area contributed by atoms with E-state index >= 15 is 0 Å². The standard InChI is InChI=1S/C68H120O6/c1-4-7-10-13-16-19-22-25-28-31-32-33-34-35-36-38-40-43-46-49-52-55-58-61-67(70)73-64-65(63-72-66(69)60-57-54-51-48-45-42-39-30-27-24-21-18-15-12-9-6-3)74-68(71)62-59-56-53-50-47-44-41-37-29-26-23-20-17-14-11-8-5-2/h8,11,17,20,22,25-26,29-32,39,65H,4-7,9-10,12-16,18-19,21,23-24,27-28,33-38,40-64H2,1-3H3/b11-8-,20-17-,25-22-,29-26-,32-31-,39-30-. The van der Waals surface area contributed by atoms with E-state index in [-0.39, 0.29) is 31.1 Å². The van der Waals surface area contributed by atoms with Crippen LogP contribution in [-0.2, 0) is 28.6 Å². The Kier molecular flexibility index (Phi) is 59.7. The van der Waals surface area contributed by atoms with Gasteiger partial charge in [-0.25, -0.2) is 0 Å². The van der Waals surface area contributed by atoms with Gasteiger partial charge >= 0.3 is 17.9 Å². The highest BCUT2D eigenvalue weighted by atomic mass is 16.6. The monoisotopic (exact) mass is 1030 g/mol. The van der Waals surface area contributed by atoms with Crippen LogP contribution in [-0.4, -0.2) is 37.2 Å². The van der Waals surface area contributed by atoms with Crippen LogP contribution in [0.3, 0.4) is 0 Å². The first-order chi connectivity index (χ1) is 36.5. The molecule has 0 aromatic carbocycles. The maximum absolute atomic E-state index is 12.9. The lowest BCUT2D eigenvalue weighted by Crippen LogP contribution is -2.30. The molecule has 0 saturated heterocycles. The van der Waals surface area contributed by atoms with Gasteiger partial charge in [0, 0.05) is 19.3 Å². The van der Waals surface area contributed by atoms with Crippen molar-refractivity contribution in [2.24, 2.45) is 0 Å². The van der Waals surface area contributed by atoms with Crippen LogP contribution < -0.4 is 0 Å². The second-order valence-corrected chi connectivity index (χ2v) is 21.3. The Morgan fingerprint density at radius 3 is 0.838 bits per heavy atom. The minimum Gasteiger partial charge on any atom is -0.462 e. The van der Waals surface area contributed by atoms with Crippen LogP contribution >= 0.6 is 0 Å². The summed E-state index contributed by atoms with van der Waals surface area (Å²) >= 11 is 0. The van der Waals surface area contributed by atoms with Gasteiger partial charge in [0.2, 0.25) is 0 Å². The van der Waals surface area contributed by atoms with Crippen molar-refractivity contribution in [3.63, 3.8) is 0 Å². The topological polar surface area (TPSA) is 78.9 Å². The third kappa shape index (κ3) is 59.7. The summed E-state index contributed by atoms with van der Waals surface area (Å²) in [6.07, 6.45) is 80.4. The smallest absolute Gasteiger partial charge is 0.306 e. The highest BCUT2D eigenvalue weighted by Gasteiger charge is 2.19. The molecule has 0 aliphatic rings. The van der Waals surface area contributed by atoms with Crippen molar-refractivity contribution < 1.29 is 28.6 Å². The van der Waals surface area contributed by atoms with E-state index < -0.39 is 6.10 Å². The molecule has 0 radical (unpaired) electrons. The van der Waals surface area contributed by atoms with E-state index in [4.69, 9.17) is 14.2 Å². The fourth-order valence-corrected chi connectivity index (χ4v) is 9.13. The maximum Gasteiger partial charge on any atom is 0.306 e. The zero-order chi connectivity index (χ0) is 53.6. The van der Waals surface area contributed by atoms with Gasteiger partial charge in [0.25, 0.3) is 0 Å². The lowest BCUT2D eigenvalue weighted by Gasteiger charge is -2.18. The number of esters is 3. The van der Waals surface area contributed by atoms with Gasteiger partial charge in [-0.2, -0.15) is 0 Å². The second kappa shape index (κ2) is 62.4. The van der Waals surface area contributed by atoms with Gasteiger partial charge in [-0.05, 0) is 109 Å². The number of allylic oxidation sites excluding steroid dienone is 12. The maximum atomic E-state index is 12.9. The molecule has 0 rings (SSSR count). The van der Waals surface area contributed by atoms with E-state index in [0.29, 0.717) is 19.3 Å². The van der Waals surface area contributed by atoms with Crippen LogP contribution in [0, 0.1) is 0 Å². The van der Waals surface area contributed by atoms with Crippen molar-refractivity contribution in [3.8, 4) is 0 Å². The lowest BCUT2D eigenvalue weighted by atomic mass is 10.0. The average molecular weight is 1030 g/mol. The van der Waals surface area contributed by atoms with Crippen LogP contribution in [0.2, 0.25) is 0 Å². The Labute approximate surface area is 459 Å². The van der Waals surface area contributed by atoms with Crippen LogP contribution in [0.25, 0.3) is 0 Å². The van der Waals surface area contributed by atoms with Crippen molar-refractivity contribution in [1.82, 2.24) is 0 Å². The molecule has 6 nitrogen and oxygen atoms in total. The van der Waals surface area contributed by atoms with E-state index in [1.54, 1.807) is 0 Å². The number of hydrogen-bond acceptors (Lipinski definition) is 6. The number of carbonyl (C=O) groups is 3. The van der Waals surface area contributed by atoms with Crippen LogP contribution in [0.15, 0.2) is 72.9 Å². The summed E-state index contributed by atoms with van der Waals surface area (Å²) < 4.78 is 16.9. The minimum absolute atomic E-state index is 0.0818. The summed E-state index contributed by atoms with van der Waals surface area (Å²) in [4.78, 5) is 38.3. The van der Waals surface area contributed by atoms with E-state index in [9.17, 15) is 14.4 Å². The number of carbonyl (C=O) groups excluding carboxylic acids is 3. The average Bonchev–Trinajstić information content (AvgIpc) is 3.40. The van der Waals surface area contributed by atoms with Gasteiger partial charge in [0.1, 0.15) is 13.2 Å². The van der Waals surface area contributed by atoms with Gasteiger partial charge in [-0.15, -0.1) is 0 Å². The number of unbranched alkanes of at least 4 members (excludes halogenated alkanes) is 35. The summed E-state index contributed by atoms with van der Waals surface area (Å²) in [6.45, 7) is 6.54. The predicted molar refractivity (Wildman–Crippen MR) is 321 cm³/mol.